The minimum atomic E-state index is -0.594. The first kappa shape index (κ1) is 18.4. The van der Waals surface area contributed by atoms with Crippen LogP contribution in [0.5, 0.6) is 0 Å². The molecule has 1 fully saturated rings. The fraction of sp³-hybridized carbons (Fsp3) is 0.941. The van der Waals surface area contributed by atoms with Crippen molar-refractivity contribution < 1.29 is 4.79 Å². The molecule has 1 saturated heterocycles. The molecule has 1 amide bonds. The summed E-state index contributed by atoms with van der Waals surface area (Å²) in [6.07, 6.45) is 7.38. The summed E-state index contributed by atoms with van der Waals surface area (Å²) >= 11 is 0. The number of nitrogens with two attached hydrogens (primary N) is 1. The third-order valence-electron chi connectivity index (χ3n) is 5.02. The molecule has 0 radical (unpaired) electrons. The molecule has 0 saturated carbocycles. The summed E-state index contributed by atoms with van der Waals surface area (Å²) in [5.74, 6) is 0.651. The Morgan fingerprint density at radius 3 is 2.67 bits per heavy atom. The largest absolute Gasteiger partial charge is 0.368 e. The Morgan fingerprint density at radius 2 is 2.10 bits per heavy atom. The van der Waals surface area contributed by atoms with E-state index in [0.29, 0.717) is 6.04 Å². The van der Waals surface area contributed by atoms with Crippen molar-refractivity contribution in [3.05, 3.63) is 0 Å². The molecular formula is C17H35N3O. The quantitative estimate of drug-likeness (QED) is 0.724. The first-order chi connectivity index (χ1) is 9.92. The van der Waals surface area contributed by atoms with Gasteiger partial charge in [0, 0.05) is 6.04 Å². The van der Waals surface area contributed by atoms with Gasteiger partial charge in [-0.2, -0.15) is 0 Å². The molecule has 0 bridgehead atoms. The summed E-state index contributed by atoms with van der Waals surface area (Å²) in [5, 5.41) is 3.27. The third-order valence-corrected chi connectivity index (χ3v) is 5.02. The summed E-state index contributed by atoms with van der Waals surface area (Å²) in [6, 6.07) is 0.391. The number of nitrogens with one attached hydrogen (secondary N) is 1. The lowest BCUT2D eigenvalue weighted by Gasteiger charge is -2.35. The molecule has 0 aromatic rings. The van der Waals surface area contributed by atoms with E-state index in [4.69, 9.17) is 5.73 Å². The van der Waals surface area contributed by atoms with Crippen LogP contribution in [-0.4, -0.2) is 42.0 Å². The van der Waals surface area contributed by atoms with Crippen LogP contribution in [0.3, 0.4) is 0 Å². The maximum Gasteiger partial charge on any atom is 0.237 e. The smallest absolute Gasteiger partial charge is 0.237 e. The average molecular weight is 297 g/mol. The third kappa shape index (κ3) is 5.59. The van der Waals surface area contributed by atoms with Gasteiger partial charge in [0.2, 0.25) is 5.91 Å². The number of rotatable bonds is 8. The molecule has 0 spiro atoms. The summed E-state index contributed by atoms with van der Waals surface area (Å²) in [6.45, 7) is 11.6. The Bertz CT molecular complexity index is 321. The van der Waals surface area contributed by atoms with Crippen molar-refractivity contribution in [2.45, 2.75) is 77.8 Å². The van der Waals surface area contributed by atoms with Gasteiger partial charge in [-0.1, -0.05) is 26.7 Å². The van der Waals surface area contributed by atoms with Crippen LogP contribution in [-0.2, 0) is 4.79 Å². The van der Waals surface area contributed by atoms with Gasteiger partial charge in [-0.05, 0) is 65.1 Å². The van der Waals surface area contributed by atoms with Gasteiger partial charge in [0.05, 0.1) is 5.54 Å². The summed E-state index contributed by atoms with van der Waals surface area (Å²) in [5.41, 5.74) is 5.01. The van der Waals surface area contributed by atoms with Crippen LogP contribution in [0, 0.1) is 5.92 Å². The lowest BCUT2D eigenvalue weighted by Crippen LogP contribution is -2.56. The van der Waals surface area contributed by atoms with Crippen molar-refractivity contribution >= 4 is 5.91 Å². The van der Waals surface area contributed by atoms with Crippen LogP contribution in [0.15, 0.2) is 0 Å². The van der Waals surface area contributed by atoms with E-state index in [1.165, 1.54) is 32.1 Å². The van der Waals surface area contributed by atoms with E-state index in [2.05, 4.69) is 24.1 Å². The number of likely N-dealkylation sites (tertiary alicyclic amines) is 1. The van der Waals surface area contributed by atoms with Crippen molar-refractivity contribution in [1.82, 2.24) is 10.2 Å². The molecule has 4 nitrogen and oxygen atoms in total. The normalized spacial score (nSPS) is 25.0. The second-order valence-electron chi connectivity index (χ2n) is 6.90. The molecule has 124 valence electrons. The van der Waals surface area contributed by atoms with Crippen molar-refractivity contribution in [1.29, 1.82) is 0 Å². The van der Waals surface area contributed by atoms with E-state index in [-0.39, 0.29) is 5.91 Å². The molecule has 0 aromatic heterocycles. The van der Waals surface area contributed by atoms with E-state index in [1.54, 1.807) is 0 Å². The molecular weight excluding hydrogens is 262 g/mol. The Hall–Kier alpha value is -0.610. The Morgan fingerprint density at radius 1 is 1.38 bits per heavy atom. The number of hydrogen-bond donors (Lipinski definition) is 2. The van der Waals surface area contributed by atoms with Gasteiger partial charge in [-0.3, -0.25) is 4.79 Å². The number of primary amides is 1. The Balaban J connectivity index is 2.57. The number of carbonyl (C=O) groups excluding carboxylic acids is 1. The zero-order valence-corrected chi connectivity index (χ0v) is 14.5. The predicted molar refractivity (Wildman–Crippen MR) is 89.2 cm³/mol. The van der Waals surface area contributed by atoms with E-state index >= 15 is 0 Å². The number of likely N-dealkylation sites (N-methyl/N-ethyl adjacent to an activating group) is 1. The van der Waals surface area contributed by atoms with Crippen LogP contribution in [0.4, 0.5) is 0 Å². The lowest BCUT2D eigenvalue weighted by molar-refractivity contribution is -0.124. The van der Waals surface area contributed by atoms with Crippen molar-refractivity contribution in [2.24, 2.45) is 11.7 Å². The molecule has 1 aliphatic rings. The maximum atomic E-state index is 11.8. The molecule has 0 aromatic carbocycles. The van der Waals surface area contributed by atoms with Gasteiger partial charge in [0.1, 0.15) is 0 Å². The highest BCUT2D eigenvalue weighted by atomic mass is 16.1. The number of carbonyl (C=O) groups is 1. The molecule has 1 heterocycles. The second kappa shape index (κ2) is 8.74. The molecule has 3 N–H and O–H groups in total. The van der Waals surface area contributed by atoms with Gasteiger partial charge in [-0.15, -0.1) is 0 Å². The van der Waals surface area contributed by atoms with Gasteiger partial charge in [0.15, 0.2) is 0 Å². The van der Waals surface area contributed by atoms with E-state index in [9.17, 15) is 4.79 Å². The fourth-order valence-electron chi connectivity index (χ4n) is 3.70. The highest BCUT2D eigenvalue weighted by Gasteiger charge is 2.33. The lowest BCUT2D eigenvalue weighted by atomic mass is 9.91. The van der Waals surface area contributed by atoms with Crippen molar-refractivity contribution in [3.63, 3.8) is 0 Å². The van der Waals surface area contributed by atoms with Crippen molar-refractivity contribution in [3.8, 4) is 0 Å². The number of nitrogens with zero attached hydrogens (tertiary/aromatic N) is 1. The summed E-state index contributed by atoms with van der Waals surface area (Å²) in [7, 11) is 0. The fourth-order valence-corrected chi connectivity index (χ4v) is 3.70. The van der Waals surface area contributed by atoms with E-state index in [0.717, 1.165) is 32.0 Å². The molecule has 1 aliphatic heterocycles. The topological polar surface area (TPSA) is 58.4 Å². The molecule has 1 rings (SSSR count). The van der Waals surface area contributed by atoms with E-state index in [1.807, 2.05) is 13.8 Å². The van der Waals surface area contributed by atoms with Crippen LogP contribution in [0.1, 0.15) is 66.2 Å². The monoisotopic (exact) mass is 297 g/mol. The van der Waals surface area contributed by atoms with Crippen LogP contribution < -0.4 is 11.1 Å². The van der Waals surface area contributed by atoms with Crippen molar-refractivity contribution in [2.75, 3.05) is 19.6 Å². The standard InChI is InChI=1S/C17H35N3O/c1-5-8-15-9-7-11-20(12-10-15)14(3)13-17(4,16(18)21)19-6-2/h14-15,19H,5-13H2,1-4H3,(H2,18,21). The first-order valence-electron chi connectivity index (χ1n) is 8.72. The van der Waals surface area contributed by atoms with Crippen LogP contribution in [0.25, 0.3) is 0 Å². The zero-order valence-electron chi connectivity index (χ0n) is 14.5. The average Bonchev–Trinajstić information content (AvgIpc) is 2.65. The minimum Gasteiger partial charge on any atom is -0.368 e. The SMILES string of the molecule is CCCC1CCCN(C(C)CC(C)(NCC)C(N)=O)CC1. The van der Waals surface area contributed by atoms with Gasteiger partial charge in [-0.25, -0.2) is 0 Å². The van der Waals surface area contributed by atoms with Crippen LogP contribution >= 0.6 is 0 Å². The molecule has 0 aliphatic carbocycles. The highest BCUT2D eigenvalue weighted by Crippen LogP contribution is 2.25. The molecule has 21 heavy (non-hydrogen) atoms. The maximum absolute atomic E-state index is 11.8. The summed E-state index contributed by atoms with van der Waals surface area (Å²) < 4.78 is 0. The Kier molecular flexibility index (Phi) is 7.67. The second-order valence-corrected chi connectivity index (χ2v) is 6.90. The number of amides is 1. The van der Waals surface area contributed by atoms with Gasteiger partial charge < -0.3 is 16.0 Å². The number of hydrogen-bond acceptors (Lipinski definition) is 3. The van der Waals surface area contributed by atoms with Gasteiger partial charge in [0.25, 0.3) is 0 Å². The highest BCUT2D eigenvalue weighted by molar-refractivity contribution is 5.84. The predicted octanol–water partition coefficient (Wildman–Crippen LogP) is 2.52. The Labute approximate surface area is 130 Å². The van der Waals surface area contributed by atoms with E-state index < -0.39 is 5.54 Å². The van der Waals surface area contributed by atoms with Gasteiger partial charge >= 0.3 is 0 Å². The summed E-state index contributed by atoms with van der Waals surface area (Å²) in [4.78, 5) is 14.3. The molecule has 3 unspecified atom stereocenters. The zero-order chi connectivity index (χ0) is 15.9. The first-order valence-corrected chi connectivity index (χ1v) is 8.72. The molecule has 3 atom stereocenters. The van der Waals surface area contributed by atoms with Crippen LogP contribution in [0.2, 0.25) is 0 Å². The molecule has 4 heteroatoms. The minimum absolute atomic E-state index is 0.241.